The van der Waals surface area contributed by atoms with E-state index in [4.69, 9.17) is 4.74 Å². The van der Waals surface area contributed by atoms with E-state index in [1.54, 1.807) is 6.20 Å². The van der Waals surface area contributed by atoms with Gasteiger partial charge in [0.2, 0.25) is 0 Å². The van der Waals surface area contributed by atoms with Crippen molar-refractivity contribution in [1.82, 2.24) is 19.9 Å². The molecule has 1 aliphatic heterocycles. The molecule has 1 aliphatic rings. The number of hydrogen-bond acceptors (Lipinski definition) is 4. The minimum atomic E-state index is 0.193. The van der Waals surface area contributed by atoms with Gasteiger partial charge < -0.3 is 9.72 Å². The molecule has 22 heavy (non-hydrogen) atoms. The van der Waals surface area contributed by atoms with Gasteiger partial charge >= 0.3 is 0 Å². The van der Waals surface area contributed by atoms with Crippen LogP contribution >= 0.6 is 0 Å². The number of aromatic nitrogens is 3. The molecule has 0 aliphatic carbocycles. The highest BCUT2D eigenvalue weighted by Gasteiger charge is 2.29. The maximum atomic E-state index is 5.68. The number of nitrogens with zero attached hydrogens (tertiary/aromatic N) is 3. The minimum absolute atomic E-state index is 0.193. The Balaban J connectivity index is 1.81. The monoisotopic (exact) mass is 300 g/mol. The molecule has 0 spiro atoms. The van der Waals surface area contributed by atoms with Crippen LogP contribution in [0.2, 0.25) is 0 Å². The molecular weight excluding hydrogens is 276 g/mol. The summed E-state index contributed by atoms with van der Waals surface area (Å²) in [5.74, 6) is 0.975. The van der Waals surface area contributed by atoms with Crippen LogP contribution in [0.5, 0.6) is 0 Å². The topological polar surface area (TPSA) is 54.0 Å². The van der Waals surface area contributed by atoms with Crippen LogP contribution in [0.15, 0.2) is 30.7 Å². The summed E-state index contributed by atoms with van der Waals surface area (Å²) >= 11 is 0. The fourth-order valence-electron chi connectivity index (χ4n) is 2.86. The molecule has 0 saturated carbocycles. The molecule has 5 heteroatoms. The van der Waals surface area contributed by atoms with Crippen molar-refractivity contribution in [3.63, 3.8) is 0 Å². The molecule has 0 amide bonds. The molecule has 0 aromatic carbocycles. The van der Waals surface area contributed by atoms with Gasteiger partial charge in [-0.1, -0.05) is 20.8 Å². The Kier molecular flexibility index (Phi) is 4.27. The first-order valence-electron chi connectivity index (χ1n) is 7.80. The number of aromatic amines is 1. The first-order chi connectivity index (χ1) is 10.5. The number of ether oxygens (including phenoxy) is 1. The number of morpholine rings is 1. The molecule has 1 N–H and O–H groups in total. The van der Waals surface area contributed by atoms with E-state index in [0.29, 0.717) is 6.61 Å². The summed E-state index contributed by atoms with van der Waals surface area (Å²) in [6.07, 6.45) is 5.51. The third-order valence-electron chi connectivity index (χ3n) is 3.80. The Bertz CT molecular complexity index is 603. The Morgan fingerprint density at radius 3 is 2.95 bits per heavy atom. The van der Waals surface area contributed by atoms with E-state index in [2.05, 4.69) is 40.6 Å². The van der Waals surface area contributed by atoms with Crippen LogP contribution < -0.4 is 0 Å². The zero-order valence-electron chi connectivity index (χ0n) is 13.5. The Morgan fingerprint density at radius 1 is 1.36 bits per heavy atom. The van der Waals surface area contributed by atoms with Gasteiger partial charge in [-0.15, -0.1) is 0 Å². The highest BCUT2D eigenvalue weighted by molar-refractivity contribution is 5.56. The normalized spacial score (nSPS) is 20.2. The molecule has 3 rings (SSSR count). The predicted molar refractivity (Wildman–Crippen MR) is 86.4 cm³/mol. The number of hydrogen-bond donors (Lipinski definition) is 1. The van der Waals surface area contributed by atoms with Crippen LogP contribution in [-0.4, -0.2) is 46.2 Å². The van der Waals surface area contributed by atoms with E-state index in [1.807, 2.05) is 24.5 Å². The first-order valence-corrected chi connectivity index (χ1v) is 7.80. The molecule has 1 fully saturated rings. The lowest BCUT2D eigenvalue weighted by atomic mass is 9.95. The van der Waals surface area contributed by atoms with Gasteiger partial charge in [0.1, 0.15) is 5.82 Å². The van der Waals surface area contributed by atoms with Gasteiger partial charge in [0.25, 0.3) is 0 Å². The second kappa shape index (κ2) is 6.18. The Hall–Kier alpha value is -1.72. The van der Waals surface area contributed by atoms with E-state index >= 15 is 0 Å². The maximum Gasteiger partial charge on any atom is 0.126 e. The summed E-state index contributed by atoms with van der Waals surface area (Å²) in [5.41, 5.74) is 2.32. The third-order valence-corrected chi connectivity index (χ3v) is 3.80. The molecule has 1 unspecified atom stereocenters. The van der Waals surface area contributed by atoms with Crippen LogP contribution in [-0.2, 0) is 4.74 Å². The minimum Gasteiger partial charge on any atom is -0.378 e. The van der Waals surface area contributed by atoms with Gasteiger partial charge in [0.15, 0.2) is 0 Å². The average molecular weight is 300 g/mol. The van der Waals surface area contributed by atoms with E-state index in [0.717, 1.165) is 36.8 Å². The van der Waals surface area contributed by atoms with Gasteiger partial charge in [-0.2, -0.15) is 0 Å². The summed E-state index contributed by atoms with van der Waals surface area (Å²) < 4.78 is 5.68. The SMILES string of the molecule is CC(C)(C)CN1CCOCC1c1ncc(-c2cccnc2)[nH]1. The van der Waals surface area contributed by atoms with Crippen LogP contribution in [0.4, 0.5) is 0 Å². The molecule has 2 aromatic heterocycles. The van der Waals surface area contributed by atoms with Crippen molar-refractivity contribution in [2.45, 2.75) is 26.8 Å². The molecule has 118 valence electrons. The number of rotatable bonds is 3. The van der Waals surface area contributed by atoms with Gasteiger partial charge in [-0.3, -0.25) is 9.88 Å². The number of H-pyrrole nitrogens is 1. The number of pyridine rings is 1. The summed E-state index contributed by atoms with van der Waals surface area (Å²) in [4.78, 5) is 14.7. The van der Waals surface area contributed by atoms with Crippen LogP contribution in [0, 0.1) is 5.41 Å². The molecular formula is C17H24N4O. The molecule has 5 nitrogen and oxygen atoms in total. The summed E-state index contributed by atoms with van der Waals surface area (Å²) in [6, 6.07) is 4.17. The average Bonchev–Trinajstić information content (AvgIpc) is 2.97. The number of imidazole rings is 1. The summed E-state index contributed by atoms with van der Waals surface area (Å²) in [5, 5.41) is 0. The van der Waals surface area contributed by atoms with Crippen LogP contribution in [0.1, 0.15) is 32.6 Å². The standard InChI is InChI=1S/C17H24N4O/c1-17(2,3)12-21-7-8-22-11-15(21)16-19-10-14(20-16)13-5-4-6-18-9-13/h4-6,9-10,15H,7-8,11-12H2,1-3H3,(H,19,20). The highest BCUT2D eigenvalue weighted by atomic mass is 16.5. The molecule has 0 radical (unpaired) electrons. The van der Waals surface area contributed by atoms with Crippen LogP contribution in [0.3, 0.4) is 0 Å². The predicted octanol–water partition coefficient (Wildman–Crippen LogP) is 2.89. The van der Waals surface area contributed by atoms with Crippen LogP contribution in [0.25, 0.3) is 11.3 Å². The smallest absolute Gasteiger partial charge is 0.126 e. The van der Waals surface area contributed by atoms with Crippen molar-refractivity contribution in [2.24, 2.45) is 5.41 Å². The summed E-state index contributed by atoms with van der Waals surface area (Å²) in [6.45, 7) is 10.3. The maximum absolute atomic E-state index is 5.68. The van der Waals surface area contributed by atoms with E-state index in [9.17, 15) is 0 Å². The molecule has 3 heterocycles. The second-order valence-electron chi connectivity index (χ2n) is 7.05. The van der Waals surface area contributed by atoms with E-state index < -0.39 is 0 Å². The van der Waals surface area contributed by atoms with E-state index in [1.165, 1.54) is 0 Å². The van der Waals surface area contributed by atoms with Gasteiger partial charge in [-0.05, 0) is 17.5 Å². The molecule has 1 saturated heterocycles. The first kappa shape index (κ1) is 15.2. The zero-order valence-corrected chi connectivity index (χ0v) is 13.5. The molecule has 1 atom stereocenters. The fraction of sp³-hybridized carbons (Fsp3) is 0.529. The second-order valence-corrected chi connectivity index (χ2v) is 7.05. The van der Waals surface area contributed by atoms with Gasteiger partial charge in [-0.25, -0.2) is 4.98 Å². The lowest BCUT2D eigenvalue weighted by molar-refractivity contribution is -0.0246. The quantitative estimate of drug-likeness (QED) is 0.947. The van der Waals surface area contributed by atoms with Crippen molar-refractivity contribution in [3.8, 4) is 11.3 Å². The lowest BCUT2D eigenvalue weighted by Crippen LogP contribution is -2.44. The van der Waals surface area contributed by atoms with Gasteiger partial charge in [0, 0.05) is 31.0 Å². The number of nitrogens with one attached hydrogen (secondary N) is 1. The van der Waals surface area contributed by atoms with Gasteiger partial charge in [0.05, 0.1) is 31.1 Å². The Morgan fingerprint density at radius 2 is 2.23 bits per heavy atom. The Labute approximate surface area is 131 Å². The van der Waals surface area contributed by atoms with Crippen molar-refractivity contribution in [1.29, 1.82) is 0 Å². The lowest BCUT2D eigenvalue weighted by Gasteiger charge is -2.38. The van der Waals surface area contributed by atoms with Crippen molar-refractivity contribution in [3.05, 3.63) is 36.5 Å². The van der Waals surface area contributed by atoms with Crippen molar-refractivity contribution >= 4 is 0 Å². The third kappa shape index (κ3) is 3.54. The van der Waals surface area contributed by atoms with Crippen molar-refractivity contribution < 1.29 is 4.74 Å². The fourth-order valence-corrected chi connectivity index (χ4v) is 2.86. The zero-order chi connectivity index (χ0) is 15.6. The largest absolute Gasteiger partial charge is 0.378 e. The van der Waals surface area contributed by atoms with Crippen molar-refractivity contribution in [2.75, 3.05) is 26.3 Å². The molecule has 2 aromatic rings. The van der Waals surface area contributed by atoms with E-state index in [-0.39, 0.29) is 11.5 Å². The highest BCUT2D eigenvalue weighted by Crippen LogP contribution is 2.28. The molecule has 0 bridgehead atoms. The summed E-state index contributed by atoms with van der Waals surface area (Å²) in [7, 11) is 0.